The van der Waals surface area contributed by atoms with Crippen LogP contribution in [-0.2, 0) is 0 Å². The molecule has 0 unspecified atom stereocenters. The van der Waals surface area contributed by atoms with Gasteiger partial charge in [0.2, 0.25) is 0 Å². The summed E-state index contributed by atoms with van der Waals surface area (Å²) in [4.78, 5) is 19.4. The van der Waals surface area contributed by atoms with E-state index in [-0.39, 0.29) is 5.69 Å². The Bertz CT molecular complexity index is 794. The van der Waals surface area contributed by atoms with Crippen molar-refractivity contribution in [2.45, 2.75) is 6.92 Å². The number of fused-ring (bicyclic) bond motifs is 1. The van der Waals surface area contributed by atoms with E-state index in [1.807, 2.05) is 31.2 Å². The molecule has 0 atom stereocenters. The molecule has 3 rings (SSSR count). The zero-order valence-corrected chi connectivity index (χ0v) is 11.4. The maximum Gasteiger partial charge on any atom is 0.358 e. The highest BCUT2D eigenvalue weighted by Gasteiger charge is 2.14. The van der Waals surface area contributed by atoms with Crippen LogP contribution >= 0.6 is 0 Å². The molecule has 3 aromatic rings. The summed E-state index contributed by atoms with van der Waals surface area (Å²) >= 11 is 0. The van der Waals surface area contributed by atoms with E-state index in [4.69, 9.17) is 9.84 Å². The minimum absolute atomic E-state index is 0.0605. The van der Waals surface area contributed by atoms with E-state index in [0.717, 1.165) is 11.3 Å². The molecule has 0 aliphatic carbocycles. The molecule has 0 aliphatic heterocycles. The fraction of sp³-hybridized carbons (Fsp3) is 0.133. The van der Waals surface area contributed by atoms with Gasteiger partial charge in [-0.25, -0.2) is 14.8 Å². The lowest BCUT2D eigenvalue weighted by Gasteiger charge is -2.02. The molecule has 0 aliphatic rings. The van der Waals surface area contributed by atoms with Crippen LogP contribution in [0.25, 0.3) is 16.9 Å². The predicted molar refractivity (Wildman–Crippen MR) is 76.6 cm³/mol. The van der Waals surface area contributed by atoms with Crippen LogP contribution in [0.2, 0.25) is 0 Å². The van der Waals surface area contributed by atoms with E-state index in [1.54, 1.807) is 16.8 Å². The highest BCUT2D eigenvalue weighted by atomic mass is 16.5. The van der Waals surface area contributed by atoms with Crippen molar-refractivity contribution < 1.29 is 14.6 Å². The number of hydrogen-bond acceptors (Lipinski definition) is 4. The van der Waals surface area contributed by atoms with E-state index in [2.05, 4.69) is 9.97 Å². The first kappa shape index (κ1) is 13.1. The SMILES string of the molecule is CCOc1ccc(-c2cn3ccnc(C(=O)O)c3n2)cc1. The molecule has 0 spiro atoms. The monoisotopic (exact) mass is 283 g/mol. The summed E-state index contributed by atoms with van der Waals surface area (Å²) in [6.45, 7) is 2.54. The van der Waals surface area contributed by atoms with Gasteiger partial charge in [0.05, 0.1) is 12.3 Å². The van der Waals surface area contributed by atoms with Gasteiger partial charge < -0.3 is 14.2 Å². The van der Waals surface area contributed by atoms with Crippen molar-refractivity contribution in [2.75, 3.05) is 6.61 Å². The smallest absolute Gasteiger partial charge is 0.358 e. The zero-order valence-electron chi connectivity index (χ0n) is 11.4. The zero-order chi connectivity index (χ0) is 14.8. The third kappa shape index (κ3) is 2.43. The van der Waals surface area contributed by atoms with Gasteiger partial charge in [-0.2, -0.15) is 0 Å². The first-order chi connectivity index (χ1) is 10.2. The molecule has 6 heteroatoms. The predicted octanol–water partition coefficient (Wildman–Crippen LogP) is 2.49. The number of carboxylic acids is 1. The van der Waals surface area contributed by atoms with Crippen LogP contribution < -0.4 is 4.74 Å². The topological polar surface area (TPSA) is 76.7 Å². The molecule has 0 saturated carbocycles. The summed E-state index contributed by atoms with van der Waals surface area (Å²) in [5.74, 6) is -0.303. The molecule has 21 heavy (non-hydrogen) atoms. The number of ether oxygens (including phenoxy) is 1. The molecule has 0 saturated heterocycles. The van der Waals surface area contributed by atoms with E-state index < -0.39 is 5.97 Å². The number of rotatable bonds is 4. The summed E-state index contributed by atoms with van der Waals surface area (Å²) in [7, 11) is 0. The fourth-order valence-corrected chi connectivity index (χ4v) is 2.10. The summed E-state index contributed by atoms with van der Waals surface area (Å²) in [6, 6.07) is 7.50. The van der Waals surface area contributed by atoms with E-state index in [0.29, 0.717) is 17.9 Å². The quantitative estimate of drug-likeness (QED) is 0.796. The Hall–Kier alpha value is -2.89. The maximum atomic E-state index is 11.1. The molecule has 1 N–H and O–H groups in total. The van der Waals surface area contributed by atoms with Crippen molar-refractivity contribution in [3.63, 3.8) is 0 Å². The van der Waals surface area contributed by atoms with E-state index in [1.165, 1.54) is 6.20 Å². The van der Waals surface area contributed by atoms with Crippen LogP contribution in [0.5, 0.6) is 5.75 Å². The third-order valence-electron chi connectivity index (χ3n) is 3.04. The van der Waals surface area contributed by atoms with Gasteiger partial charge in [0.15, 0.2) is 11.3 Å². The molecular weight excluding hydrogens is 270 g/mol. The lowest BCUT2D eigenvalue weighted by atomic mass is 10.2. The summed E-state index contributed by atoms with van der Waals surface area (Å²) in [5.41, 5.74) is 1.84. The molecule has 1 aromatic carbocycles. The number of aromatic nitrogens is 3. The highest BCUT2D eigenvalue weighted by Crippen LogP contribution is 2.22. The summed E-state index contributed by atoms with van der Waals surface area (Å²) in [6.07, 6.45) is 4.89. The Labute approximate surface area is 120 Å². The molecule has 0 fully saturated rings. The Morgan fingerprint density at radius 3 is 2.76 bits per heavy atom. The number of nitrogens with zero attached hydrogens (tertiary/aromatic N) is 3. The molecule has 0 radical (unpaired) electrons. The number of hydrogen-bond donors (Lipinski definition) is 1. The first-order valence-electron chi connectivity index (χ1n) is 6.49. The average Bonchev–Trinajstić information content (AvgIpc) is 2.92. The lowest BCUT2D eigenvalue weighted by Crippen LogP contribution is -2.03. The normalized spacial score (nSPS) is 10.7. The lowest BCUT2D eigenvalue weighted by molar-refractivity contribution is 0.0692. The van der Waals surface area contributed by atoms with Crippen LogP contribution in [0, 0.1) is 0 Å². The highest BCUT2D eigenvalue weighted by molar-refractivity contribution is 5.92. The van der Waals surface area contributed by atoms with Gasteiger partial charge in [-0.05, 0) is 31.2 Å². The summed E-state index contributed by atoms with van der Waals surface area (Å²) in [5, 5.41) is 9.13. The first-order valence-corrected chi connectivity index (χ1v) is 6.49. The van der Waals surface area contributed by atoms with Crippen molar-refractivity contribution in [1.82, 2.24) is 14.4 Å². The van der Waals surface area contributed by atoms with Crippen LogP contribution in [0.15, 0.2) is 42.9 Å². The van der Waals surface area contributed by atoms with Crippen molar-refractivity contribution in [2.24, 2.45) is 0 Å². The molecule has 2 heterocycles. The number of imidazole rings is 1. The van der Waals surface area contributed by atoms with E-state index in [9.17, 15) is 4.79 Å². The number of aromatic carboxylic acids is 1. The molecule has 0 amide bonds. The van der Waals surface area contributed by atoms with Crippen LogP contribution in [-0.4, -0.2) is 32.1 Å². The fourth-order valence-electron chi connectivity index (χ4n) is 2.10. The third-order valence-corrected chi connectivity index (χ3v) is 3.04. The van der Waals surface area contributed by atoms with Crippen LogP contribution in [0.4, 0.5) is 0 Å². The number of carbonyl (C=O) groups is 1. The van der Waals surface area contributed by atoms with E-state index >= 15 is 0 Å². The average molecular weight is 283 g/mol. The molecule has 2 aromatic heterocycles. The minimum atomic E-state index is -1.09. The number of benzene rings is 1. The van der Waals surface area contributed by atoms with Crippen molar-refractivity contribution in [3.8, 4) is 17.0 Å². The second-order valence-electron chi connectivity index (χ2n) is 4.40. The van der Waals surface area contributed by atoms with Gasteiger partial charge in [-0.15, -0.1) is 0 Å². The van der Waals surface area contributed by atoms with Gasteiger partial charge in [0.1, 0.15) is 5.75 Å². The second kappa shape index (κ2) is 5.24. The summed E-state index contributed by atoms with van der Waals surface area (Å²) < 4.78 is 7.05. The molecule has 0 bridgehead atoms. The Morgan fingerprint density at radius 2 is 2.10 bits per heavy atom. The molecular formula is C15H13N3O3. The maximum absolute atomic E-state index is 11.1. The van der Waals surface area contributed by atoms with Crippen molar-refractivity contribution in [3.05, 3.63) is 48.5 Å². The van der Waals surface area contributed by atoms with Gasteiger partial charge in [0, 0.05) is 24.2 Å². The van der Waals surface area contributed by atoms with Crippen molar-refractivity contribution >= 4 is 11.6 Å². The van der Waals surface area contributed by atoms with Gasteiger partial charge in [-0.3, -0.25) is 0 Å². The Kier molecular flexibility index (Phi) is 3.27. The van der Waals surface area contributed by atoms with Gasteiger partial charge in [-0.1, -0.05) is 0 Å². The Morgan fingerprint density at radius 1 is 1.33 bits per heavy atom. The van der Waals surface area contributed by atoms with Crippen LogP contribution in [0.1, 0.15) is 17.4 Å². The Balaban J connectivity index is 2.04. The second-order valence-corrected chi connectivity index (χ2v) is 4.40. The number of carboxylic acid groups (broad SMARTS) is 1. The standard InChI is InChI=1S/C15H13N3O3/c1-2-21-11-5-3-10(4-6-11)12-9-18-8-7-16-13(15(19)20)14(18)17-12/h3-9H,2H2,1H3,(H,19,20). The van der Waals surface area contributed by atoms with Gasteiger partial charge in [0.25, 0.3) is 0 Å². The molecule has 106 valence electrons. The van der Waals surface area contributed by atoms with Crippen molar-refractivity contribution in [1.29, 1.82) is 0 Å². The van der Waals surface area contributed by atoms with Crippen LogP contribution in [0.3, 0.4) is 0 Å². The largest absolute Gasteiger partial charge is 0.494 e. The van der Waals surface area contributed by atoms with Gasteiger partial charge >= 0.3 is 5.97 Å². The molecule has 6 nitrogen and oxygen atoms in total. The minimum Gasteiger partial charge on any atom is -0.494 e.